The molecule has 5 rings (SSSR count). The fourth-order valence-electron chi connectivity index (χ4n) is 4.58. The quantitative estimate of drug-likeness (QED) is 0.305. The minimum absolute atomic E-state index is 0.106. The molecular weight excluding hydrogens is 556 g/mol. The molecule has 198 valence electrons. The van der Waals surface area contributed by atoms with E-state index in [1.807, 2.05) is 11.0 Å². The summed E-state index contributed by atoms with van der Waals surface area (Å²) in [6, 6.07) is 12.5. The molecule has 1 aliphatic carbocycles. The largest absolute Gasteiger partial charge is 0.433 e. The Kier molecular flexibility index (Phi) is 7.62. The number of nitrogens with one attached hydrogen (secondary N) is 2. The van der Waals surface area contributed by atoms with E-state index < -0.39 is 17.8 Å². The number of alkyl halides is 3. The van der Waals surface area contributed by atoms with Crippen LogP contribution in [0.15, 0.2) is 54.7 Å². The van der Waals surface area contributed by atoms with Crippen LogP contribution in [0.2, 0.25) is 10.0 Å². The third kappa shape index (κ3) is 5.95. The van der Waals surface area contributed by atoms with Crippen molar-refractivity contribution in [1.82, 2.24) is 15.2 Å². The van der Waals surface area contributed by atoms with Gasteiger partial charge in [0.25, 0.3) is 5.91 Å². The van der Waals surface area contributed by atoms with Crippen LogP contribution in [-0.2, 0) is 12.7 Å². The van der Waals surface area contributed by atoms with Gasteiger partial charge in [-0.05, 0) is 71.8 Å². The molecule has 2 N–H and O–H groups in total. The molecule has 1 saturated heterocycles. The number of rotatable bonds is 7. The highest BCUT2D eigenvalue weighted by molar-refractivity contribution is 8.14. The van der Waals surface area contributed by atoms with Gasteiger partial charge in [-0.3, -0.25) is 15.2 Å². The molecule has 3 aromatic rings. The molecule has 0 spiro atoms. The summed E-state index contributed by atoms with van der Waals surface area (Å²) in [6.07, 6.45) is -1.68. The van der Waals surface area contributed by atoms with Gasteiger partial charge < -0.3 is 10.2 Å². The highest BCUT2D eigenvalue weighted by Crippen LogP contribution is 2.42. The van der Waals surface area contributed by atoms with Gasteiger partial charge in [0.2, 0.25) is 0 Å². The summed E-state index contributed by atoms with van der Waals surface area (Å²) in [7, 11) is 0. The van der Waals surface area contributed by atoms with Crippen LogP contribution in [0, 0.1) is 11.3 Å². The summed E-state index contributed by atoms with van der Waals surface area (Å²) in [5.41, 5.74) is 0.808. The van der Waals surface area contributed by atoms with Crippen LogP contribution >= 0.6 is 35.0 Å². The predicted molar refractivity (Wildman–Crippen MR) is 145 cm³/mol. The SMILES string of the molecule is N=C1SCCN1Cc1cc(C(=O)NC(c2ccc(Cl)c(Cl)c2)C2CC2)cc(-c2cccnc2C(F)(F)F)c1. The topological polar surface area (TPSA) is 69.1 Å². The summed E-state index contributed by atoms with van der Waals surface area (Å²) in [5, 5.41) is 12.4. The second-order valence-electron chi connectivity index (χ2n) is 9.35. The molecule has 0 bridgehead atoms. The van der Waals surface area contributed by atoms with Gasteiger partial charge in [-0.25, -0.2) is 0 Å². The molecule has 11 heteroatoms. The summed E-state index contributed by atoms with van der Waals surface area (Å²) < 4.78 is 41.4. The van der Waals surface area contributed by atoms with Crippen LogP contribution in [0.4, 0.5) is 13.2 Å². The Morgan fingerprint density at radius 1 is 1.16 bits per heavy atom. The minimum Gasteiger partial charge on any atom is -0.347 e. The number of carbonyl (C=O) groups excluding carboxylic acids is 1. The maximum absolute atomic E-state index is 13.8. The number of hydrogen-bond donors (Lipinski definition) is 2. The number of pyridine rings is 1. The van der Waals surface area contributed by atoms with Gasteiger partial charge in [-0.1, -0.05) is 47.1 Å². The molecule has 1 amide bonds. The van der Waals surface area contributed by atoms with Crippen molar-refractivity contribution in [1.29, 1.82) is 5.41 Å². The summed E-state index contributed by atoms with van der Waals surface area (Å²) in [4.78, 5) is 19.0. The van der Waals surface area contributed by atoms with E-state index in [9.17, 15) is 18.0 Å². The highest BCUT2D eigenvalue weighted by Gasteiger charge is 2.36. The molecule has 38 heavy (non-hydrogen) atoms. The first-order chi connectivity index (χ1) is 18.1. The van der Waals surface area contributed by atoms with E-state index in [2.05, 4.69) is 10.3 Å². The number of benzene rings is 2. The Morgan fingerprint density at radius 3 is 2.61 bits per heavy atom. The number of thioether (sulfide) groups is 1. The van der Waals surface area contributed by atoms with E-state index in [-0.39, 0.29) is 28.7 Å². The van der Waals surface area contributed by atoms with Crippen molar-refractivity contribution < 1.29 is 18.0 Å². The van der Waals surface area contributed by atoms with E-state index in [1.165, 1.54) is 30.0 Å². The normalized spacial score (nSPS) is 16.6. The molecule has 5 nitrogen and oxygen atoms in total. The fourth-order valence-corrected chi connectivity index (χ4v) is 5.73. The van der Waals surface area contributed by atoms with Crippen LogP contribution in [0.3, 0.4) is 0 Å². The lowest BCUT2D eigenvalue weighted by Gasteiger charge is -2.21. The van der Waals surface area contributed by atoms with E-state index >= 15 is 0 Å². The van der Waals surface area contributed by atoms with Crippen molar-refractivity contribution in [2.45, 2.75) is 31.6 Å². The second kappa shape index (κ2) is 10.8. The zero-order chi connectivity index (χ0) is 27.0. The molecule has 2 aromatic carbocycles. The van der Waals surface area contributed by atoms with Gasteiger partial charge >= 0.3 is 6.18 Å². The third-order valence-corrected chi connectivity index (χ3v) is 8.24. The fraction of sp³-hybridized carbons (Fsp3) is 0.296. The lowest BCUT2D eigenvalue weighted by molar-refractivity contribution is -0.140. The first-order valence-corrected chi connectivity index (χ1v) is 13.7. The lowest BCUT2D eigenvalue weighted by Crippen LogP contribution is -2.30. The minimum atomic E-state index is -4.66. The molecule has 2 fully saturated rings. The Hall–Kier alpha value is -2.75. The third-order valence-electron chi connectivity index (χ3n) is 6.59. The van der Waals surface area contributed by atoms with E-state index in [0.717, 1.165) is 30.4 Å². The first-order valence-electron chi connectivity index (χ1n) is 12.0. The molecule has 2 aliphatic rings. The summed E-state index contributed by atoms with van der Waals surface area (Å²) in [6.45, 7) is 0.956. The number of nitrogens with zero attached hydrogens (tertiary/aromatic N) is 2. The van der Waals surface area contributed by atoms with Crippen LogP contribution in [0.1, 0.15) is 46.1 Å². The molecule has 2 heterocycles. The van der Waals surface area contributed by atoms with Gasteiger partial charge in [0.15, 0.2) is 10.9 Å². The van der Waals surface area contributed by atoms with Crippen LogP contribution in [0.5, 0.6) is 0 Å². The summed E-state index contributed by atoms with van der Waals surface area (Å²) >= 11 is 13.7. The molecule has 1 unspecified atom stereocenters. The molecule has 1 aromatic heterocycles. The monoisotopic (exact) mass is 578 g/mol. The zero-order valence-corrected chi connectivity index (χ0v) is 22.3. The average molecular weight is 579 g/mol. The lowest BCUT2D eigenvalue weighted by atomic mass is 9.96. The number of carbonyl (C=O) groups is 1. The number of amides is 1. The van der Waals surface area contributed by atoms with Gasteiger partial charge in [0.1, 0.15) is 0 Å². The average Bonchev–Trinajstić information content (AvgIpc) is 3.65. The molecule has 1 atom stereocenters. The molecule has 0 radical (unpaired) electrons. The van der Waals surface area contributed by atoms with Crippen LogP contribution in [-0.4, -0.2) is 33.3 Å². The van der Waals surface area contributed by atoms with Crippen molar-refractivity contribution in [2.24, 2.45) is 5.92 Å². The number of hydrogen-bond acceptors (Lipinski definition) is 4. The van der Waals surface area contributed by atoms with Crippen molar-refractivity contribution in [2.75, 3.05) is 12.3 Å². The Bertz CT molecular complexity index is 1400. The molecular formula is C27H23Cl2F3N4OS. The Morgan fingerprint density at radius 2 is 1.95 bits per heavy atom. The zero-order valence-electron chi connectivity index (χ0n) is 20.0. The van der Waals surface area contributed by atoms with Crippen molar-refractivity contribution in [3.63, 3.8) is 0 Å². The number of halogens is 5. The first kappa shape index (κ1) is 26.8. The maximum Gasteiger partial charge on any atom is 0.433 e. The second-order valence-corrected chi connectivity index (χ2v) is 11.3. The molecule has 1 aliphatic heterocycles. The number of aromatic nitrogens is 1. The van der Waals surface area contributed by atoms with E-state index in [4.69, 9.17) is 28.6 Å². The van der Waals surface area contributed by atoms with Crippen molar-refractivity contribution in [3.05, 3.63) is 87.2 Å². The van der Waals surface area contributed by atoms with Crippen molar-refractivity contribution >= 4 is 46.0 Å². The van der Waals surface area contributed by atoms with E-state index in [0.29, 0.717) is 33.9 Å². The number of amidine groups is 1. The standard InChI is InChI=1S/C27H23Cl2F3N4OS/c28-21-6-5-17(13-22(21)29)23(16-3-4-16)35-25(37)19-11-15(14-36-8-9-38-26(36)33)10-18(12-19)20-2-1-7-34-24(20)27(30,31)32/h1-2,5-7,10-13,16,23,33H,3-4,8-9,14H2,(H,35,37). The Labute approximate surface area is 232 Å². The van der Waals surface area contributed by atoms with Gasteiger partial charge in [0, 0.05) is 36.2 Å². The van der Waals surface area contributed by atoms with Gasteiger partial charge in [-0.15, -0.1) is 0 Å². The van der Waals surface area contributed by atoms with Crippen LogP contribution < -0.4 is 5.32 Å². The van der Waals surface area contributed by atoms with Crippen molar-refractivity contribution in [3.8, 4) is 11.1 Å². The maximum atomic E-state index is 13.8. The Balaban J connectivity index is 1.52. The summed E-state index contributed by atoms with van der Waals surface area (Å²) in [5.74, 6) is 0.592. The van der Waals surface area contributed by atoms with E-state index in [1.54, 1.807) is 24.3 Å². The van der Waals surface area contributed by atoms with Gasteiger partial charge in [-0.2, -0.15) is 13.2 Å². The highest BCUT2D eigenvalue weighted by atomic mass is 35.5. The van der Waals surface area contributed by atoms with Gasteiger partial charge in [0.05, 0.1) is 16.1 Å². The van der Waals surface area contributed by atoms with Crippen LogP contribution in [0.25, 0.3) is 11.1 Å². The predicted octanol–water partition coefficient (Wildman–Crippen LogP) is 7.44. The molecule has 1 saturated carbocycles. The smallest absolute Gasteiger partial charge is 0.347 e.